The minimum absolute atomic E-state index is 0.101. The Hall–Kier alpha value is -0.810. The summed E-state index contributed by atoms with van der Waals surface area (Å²) in [6, 6.07) is 0. The maximum Gasteiger partial charge on any atom is 0.192 e. The van der Waals surface area contributed by atoms with Crippen LogP contribution in [0, 0.1) is 0 Å². The molecule has 2 aliphatic heterocycles. The Kier molecular flexibility index (Phi) is 3.34. The van der Waals surface area contributed by atoms with Crippen molar-refractivity contribution >= 4 is 5.96 Å². The predicted octanol–water partition coefficient (Wildman–Crippen LogP) is 0.895. The maximum absolute atomic E-state index is 6.28. The van der Waals surface area contributed by atoms with Crippen molar-refractivity contribution in [2.45, 2.75) is 50.9 Å². The molecule has 0 amide bonds. The molecule has 2 aliphatic rings. The Morgan fingerprint density at radius 3 is 2.42 bits per heavy atom. The van der Waals surface area contributed by atoms with Crippen LogP contribution in [-0.2, 0) is 4.74 Å². The maximum atomic E-state index is 6.28. The third kappa shape index (κ3) is 2.34. The zero-order valence-electron chi connectivity index (χ0n) is 13.2. The molecule has 5 nitrogen and oxygen atoms in total. The van der Waals surface area contributed by atoms with Gasteiger partial charge >= 0.3 is 0 Å². The second-order valence-electron chi connectivity index (χ2n) is 7.21. The van der Waals surface area contributed by atoms with Crippen molar-refractivity contribution in [1.29, 1.82) is 0 Å². The van der Waals surface area contributed by atoms with E-state index in [1.165, 1.54) is 0 Å². The van der Waals surface area contributed by atoms with E-state index in [1.807, 2.05) is 0 Å². The fourth-order valence-electron chi connectivity index (χ4n) is 3.64. The van der Waals surface area contributed by atoms with Crippen LogP contribution in [-0.4, -0.2) is 66.2 Å². The fraction of sp³-hybridized carbons (Fsp3) is 0.929. The molecule has 0 bridgehead atoms. The van der Waals surface area contributed by atoms with Gasteiger partial charge in [-0.3, -0.25) is 4.99 Å². The molecule has 1 spiro atoms. The minimum Gasteiger partial charge on any atom is -0.370 e. The van der Waals surface area contributed by atoms with E-state index >= 15 is 0 Å². The van der Waals surface area contributed by atoms with E-state index in [0.29, 0.717) is 5.96 Å². The molecule has 1 atom stereocenters. The Labute approximate surface area is 116 Å². The molecule has 2 rings (SSSR count). The lowest BCUT2D eigenvalue weighted by atomic mass is 9.78. The average molecular weight is 268 g/mol. The lowest BCUT2D eigenvalue weighted by molar-refractivity contribution is -0.0919. The first-order valence-corrected chi connectivity index (χ1v) is 7.02. The molecule has 1 fully saturated rings. The van der Waals surface area contributed by atoms with Crippen molar-refractivity contribution < 1.29 is 4.74 Å². The number of nitrogens with zero attached hydrogens (tertiary/aromatic N) is 3. The van der Waals surface area contributed by atoms with Crippen LogP contribution in [0.4, 0.5) is 0 Å². The normalized spacial score (nSPS) is 32.4. The minimum atomic E-state index is -0.243. The summed E-state index contributed by atoms with van der Waals surface area (Å²) in [4.78, 5) is 8.95. The second-order valence-corrected chi connectivity index (χ2v) is 7.21. The highest BCUT2D eigenvalue weighted by molar-refractivity contribution is 5.81. The monoisotopic (exact) mass is 268 g/mol. The second kappa shape index (κ2) is 4.35. The molecule has 2 N–H and O–H groups in total. The molecule has 1 unspecified atom stereocenters. The summed E-state index contributed by atoms with van der Waals surface area (Å²) in [6.07, 6.45) is 0.963. The van der Waals surface area contributed by atoms with Crippen LogP contribution < -0.4 is 5.73 Å². The number of hydrogen-bond acceptors (Lipinski definition) is 5. The predicted molar refractivity (Wildman–Crippen MR) is 78.3 cm³/mol. The van der Waals surface area contributed by atoms with Crippen molar-refractivity contribution in [3.05, 3.63) is 0 Å². The number of ether oxygens (including phenoxy) is 1. The zero-order chi connectivity index (χ0) is 14.5. The molecular weight excluding hydrogens is 240 g/mol. The van der Waals surface area contributed by atoms with Gasteiger partial charge in [0.15, 0.2) is 5.96 Å². The summed E-state index contributed by atoms with van der Waals surface area (Å²) < 4.78 is 6.28. The largest absolute Gasteiger partial charge is 0.370 e. The van der Waals surface area contributed by atoms with Gasteiger partial charge in [0.2, 0.25) is 0 Å². The summed E-state index contributed by atoms with van der Waals surface area (Å²) in [7, 11) is 4.16. The number of rotatable bonds is 3. The van der Waals surface area contributed by atoms with Gasteiger partial charge in [-0.25, -0.2) is 0 Å². The summed E-state index contributed by atoms with van der Waals surface area (Å²) in [6.45, 7) is 11.2. The van der Waals surface area contributed by atoms with Crippen LogP contribution in [0.2, 0.25) is 0 Å². The number of nitrogens with two attached hydrogens (primary N) is 1. The van der Waals surface area contributed by atoms with Crippen LogP contribution in [0.3, 0.4) is 0 Å². The molecule has 0 radical (unpaired) electrons. The van der Waals surface area contributed by atoms with E-state index in [9.17, 15) is 0 Å². The van der Waals surface area contributed by atoms with E-state index in [1.54, 1.807) is 0 Å². The first-order valence-electron chi connectivity index (χ1n) is 7.02. The number of hydrogen-bond donors (Lipinski definition) is 1. The lowest BCUT2D eigenvalue weighted by Crippen LogP contribution is -2.61. The lowest BCUT2D eigenvalue weighted by Gasteiger charge is -2.44. The molecule has 0 aliphatic carbocycles. The Bertz CT molecular complexity index is 389. The summed E-state index contributed by atoms with van der Waals surface area (Å²) in [5, 5.41) is 0. The highest BCUT2D eigenvalue weighted by atomic mass is 16.5. The number of guanidine groups is 1. The van der Waals surface area contributed by atoms with E-state index in [0.717, 1.165) is 26.1 Å². The highest BCUT2D eigenvalue weighted by Crippen LogP contribution is 2.50. The molecule has 0 aromatic rings. The quantitative estimate of drug-likeness (QED) is 0.826. The number of likely N-dealkylation sites (N-methyl/N-ethyl adjacent to an activating group) is 1. The highest BCUT2D eigenvalue weighted by Gasteiger charge is 2.62. The SMILES string of the molecule is CN(C)CCN1C(N)=NCC12CC(C)(C)OC2(C)C. The summed E-state index contributed by atoms with van der Waals surface area (Å²) >= 11 is 0. The molecule has 0 aromatic carbocycles. The molecule has 110 valence electrons. The van der Waals surface area contributed by atoms with E-state index in [2.05, 4.69) is 56.6 Å². The van der Waals surface area contributed by atoms with E-state index < -0.39 is 0 Å². The summed E-state index contributed by atoms with van der Waals surface area (Å²) in [5.74, 6) is 0.663. The molecule has 1 saturated heterocycles. The number of aliphatic imine (C=N–C) groups is 1. The average Bonchev–Trinajstić information content (AvgIpc) is 2.60. The van der Waals surface area contributed by atoms with Crippen LogP contribution in [0.1, 0.15) is 34.1 Å². The van der Waals surface area contributed by atoms with Crippen LogP contribution in [0.15, 0.2) is 4.99 Å². The van der Waals surface area contributed by atoms with Gasteiger partial charge in [-0.1, -0.05) is 0 Å². The van der Waals surface area contributed by atoms with Crippen LogP contribution in [0.5, 0.6) is 0 Å². The Morgan fingerprint density at radius 2 is 1.95 bits per heavy atom. The van der Waals surface area contributed by atoms with Gasteiger partial charge in [0, 0.05) is 19.5 Å². The smallest absolute Gasteiger partial charge is 0.192 e. The fourth-order valence-corrected chi connectivity index (χ4v) is 3.64. The van der Waals surface area contributed by atoms with Gasteiger partial charge in [-0.15, -0.1) is 0 Å². The Morgan fingerprint density at radius 1 is 1.32 bits per heavy atom. The van der Waals surface area contributed by atoms with E-state index in [-0.39, 0.29) is 16.7 Å². The van der Waals surface area contributed by atoms with Crippen LogP contribution in [0.25, 0.3) is 0 Å². The third-order valence-corrected chi connectivity index (χ3v) is 4.44. The van der Waals surface area contributed by atoms with Crippen molar-refractivity contribution in [3.8, 4) is 0 Å². The van der Waals surface area contributed by atoms with Gasteiger partial charge in [0.25, 0.3) is 0 Å². The van der Waals surface area contributed by atoms with Gasteiger partial charge in [-0.05, 0) is 41.8 Å². The van der Waals surface area contributed by atoms with E-state index in [4.69, 9.17) is 10.5 Å². The van der Waals surface area contributed by atoms with Gasteiger partial charge in [0.1, 0.15) is 0 Å². The van der Waals surface area contributed by atoms with Gasteiger partial charge in [-0.2, -0.15) is 0 Å². The molecule has 5 heteroatoms. The summed E-state index contributed by atoms with van der Waals surface area (Å²) in [5.41, 5.74) is 5.66. The molecule has 19 heavy (non-hydrogen) atoms. The van der Waals surface area contributed by atoms with Crippen molar-refractivity contribution in [1.82, 2.24) is 9.80 Å². The van der Waals surface area contributed by atoms with Crippen LogP contribution >= 0.6 is 0 Å². The first-order chi connectivity index (χ1) is 8.60. The topological polar surface area (TPSA) is 54.1 Å². The van der Waals surface area contributed by atoms with Gasteiger partial charge < -0.3 is 20.3 Å². The molecule has 0 aromatic heterocycles. The third-order valence-electron chi connectivity index (χ3n) is 4.44. The zero-order valence-corrected chi connectivity index (χ0v) is 13.2. The van der Waals surface area contributed by atoms with Gasteiger partial charge in [0.05, 0.1) is 23.3 Å². The van der Waals surface area contributed by atoms with Crippen molar-refractivity contribution in [3.63, 3.8) is 0 Å². The molecule has 2 heterocycles. The Balaban J connectivity index is 2.27. The standard InChI is InChI=1S/C14H28N4O/c1-12(2)9-14(13(3,4)19-12)10-16-11(15)18(14)8-7-17(5)6/h7-10H2,1-6H3,(H2,15,16). The molecule has 0 saturated carbocycles. The first kappa shape index (κ1) is 14.6. The van der Waals surface area contributed by atoms with Crippen molar-refractivity contribution in [2.24, 2.45) is 10.7 Å². The molecular formula is C14H28N4O. The van der Waals surface area contributed by atoms with Crippen molar-refractivity contribution in [2.75, 3.05) is 33.7 Å².